The normalized spacial score (nSPS) is 24.0. The van der Waals surface area contributed by atoms with Gasteiger partial charge in [0.1, 0.15) is 0 Å². The second-order valence-electron chi connectivity index (χ2n) is 8.40. The van der Waals surface area contributed by atoms with Gasteiger partial charge in [0.25, 0.3) is 0 Å². The van der Waals surface area contributed by atoms with Crippen LogP contribution in [0.25, 0.3) is 0 Å². The second kappa shape index (κ2) is 9.79. The molecule has 166 valence electrons. The zero-order chi connectivity index (χ0) is 21.7. The molecule has 1 N–H and O–H groups in total. The average Bonchev–Trinajstić information content (AvgIpc) is 2.66. The van der Waals surface area contributed by atoms with E-state index in [-0.39, 0.29) is 12.0 Å². The van der Waals surface area contributed by atoms with Crippen LogP contribution in [0.3, 0.4) is 0 Å². The molecule has 4 nitrogen and oxygen atoms in total. The average molecular weight is 435 g/mol. The molecule has 2 atom stereocenters. The first kappa shape index (κ1) is 24.2. The van der Waals surface area contributed by atoms with Crippen molar-refractivity contribution >= 4 is 10.0 Å². The molecule has 0 saturated carbocycles. The van der Waals surface area contributed by atoms with Crippen molar-refractivity contribution in [2.45, 2.75) is 70.3 Å². The molecule has 0 bridgehead atoms. The van der Waals surface area contributed by atoms with E-state index in [9.17, 15) is 21.6 Å². The van der Waals surface area contributed by atoms with Gasteiger partial charge in [0.15, 0.2) is 0 Å². The molecular formula is C21H33F3N2O2S. The van der Waals surface area contributed by atoms with E-state index in [0.717, 1.165) is 31.6 Å². The van der Waals surface area contributed by atoms with Gasteiger partial charge < -0.3 is 4.90 Å². The maximum Gasteiger partial charge on any atom is 0.511 e. The minimum atomic E-state index is -5.34. The van der Waals surface area contributed by atoms with E-state index in [0.29, 0.717) is 11.5 Å². The van der Waals surface area contributed by atoms with Crippen LogP contribution in [0.5, 0.6) is 0 Å². The van der Waals surface area contributed by atoms with Crippen molar-refractivity contribution in [2.24, 2.45) is 5.92 Å². The molecule has 1 aliphatic rings. The molecule has 0 aliphatic carbocycles. The van der Waals surface area contributed by atoms with E-state index in [1.165, 1.54) is 25.7 Å². The Balaban J connectivity index is 2.02. The Hall–Kier alpha value is -1.12. The van der Waals surface area contributed by atoms with Crippen LogP contribution in [-0.2, 0) is 22.0 Å². The molecule has 0 aromatic heterocycles. The summed E-state index contributed by atoms with van der Waals surface area (Å²) < 4.78 is 61.7. The van der Waals surface area contributed by atoms with E-state index < -0.39 is 15.5 Å². The summed E-state index contributed by atoms with van der Waals surface area (Å²) in [5.41, 5.74) is -3.79. The standard InChI is InChI=1S/C21H33F3N2O2S/c1-4-5-6-7-12-26-13-11-20(3,17(2)16-26)19-10-8-9-18(14-19)15-25-29(27,28)21(22,23)24/h8-10,14,17,25H,4-7,11-13,15-16H2,1-3H3. The molecule has 0 radical (unpaired) electrons. The van der Waals surface area contributed by atoms with Crippen LogP contribution in [0.1, 0.15) is 64.0 Å². The van der Waals surface area contributed by atoms with Gasteiger partial charge >= 0.3 is 15.5 Å². The Bertz CT molecular complexity index is 767. The van der Waals surface area contributed by atoms with Crippen molar-refractivity contribution in [3.05, 3.63) is 35.4 Å². The van der Waals surface area contributed by atoms with E-state index >= 15 is 0 Å². The van der Waals surface area contributed by atoms with Gasteiger partial charge in [-0.05, 0) is 48.4 Å². The fourth-order valence-corrected chi connectivity index (χ4v) is 4.53. The maximum absolute atomic E-state index is 12.5. The summed E-state index contributed by atoms with van der Waals surface area (Å²) >= 11 is 0. The number of nitrogens with one attached hydrogen (secondary N) is 1. The number of benzene rings is 1. The van der Waals surface area contributed by atoms with Gasteiger partial charge in [-0.3, -0.25) is 0 Å². The number of halogens is 3. The SMILES string of the molecule is CCCCCCN1CCC(C)(c2cccc(CNS(=O)(=O)C(F)(F)F)c2)C(C)C1. The van der Waals surface area contributed by atoms with Crippen LogP contribution < -0.4 is 4.72 Å². The summed E-state index contributed by atoms with van der Waals surface area (Å²) in [6.45, 7) is 9.35. The molecule has 1 saturated heterocycles. The summed E-state index contributed by atoms with van der Waals surface area (Å²) in [4.78, 5) is 2.50. The molecule has 0 amide bonds. The number of nitrogens with zero attached hydrogens (tertiary/aromatic N) is 1. The summed E-state index contributed by atoms with van der Waals surface area (Å²) in [7, 11) is -5.34. The molecule has 1 aliphatic heterocycles. The van der Waals surface area contributed by atoms with Crippen molar-refractivity contribution in [1.29, 1.82) is 0 Å². The fraction of sp³-hybridized carbons (Fsp3) is 0.714. The van der Waals surface area contributed by atoms with Crippen LogP contribution in [0.2, 0.25) is 0 Å². The Kier molecular flexibility index (Phi) is 8.15. The third-order valence-electron chi connectivity index (χ3n) is 6.25. The van der Waals surface area contributed by atoms with Crippen LogP contribution in [0.15, 0.2) is 24.3 Å². The highest BCUT2D eigenvalue weighted by Crippen LogP contribution is 2.39. The monoisotopic (exact) mass is 434 g/mol. The molecule has 2 rings (SSSR count). The highest BCUT2D eigenvalue weighted by molar-refractivity contribution is 7.90. The van der Waals surface area contributed by atoms with Gasteiger partial charge in [0.2, 0.25) is 0 Å². The second-order valence-corrected chi connectivity index (χ2v) is 10.2. The van der Waals surface area contributed by atoms with Crippen LogP contribution >= 0.6 is 0 Å². The van der Waals surface area contributed by atoms with Crippen molar-refractivity contribution in [3.63, 3.8) is 0 Å². The zero-order valence-electron chi connectivity index (χ0n) is 17.6. The molecule has 0 spiro atoms. The fourth-order valence-electron chi connectivity index (χ4n) is 4.01. The third kappa shape index (κ3) is 6.18. The smallest absolute Gasteiger partial charge is 0.303 e. The van der Waals surface area contributed by atoms with E-state index in [2.05, 4.69) is 25.7 Å². The van der Waals surface area contributed by atoms with Crippen LogP contribution in [0.4, 0.5) is 13.2 Å². The van der Waals surface area contributed by atoms with Crippen molar-refractivity contribution in [1.82, 2.24) is 9.62 Å². The first-order chi connectivity index (χ1) is 13.5. The zero-order valence-corrected chi connectivity index (χ0v) is 18.4. The van der Waals surface area contributed by atoms with Gasteiger partial charge in [0.05, 0.1) is 0 Å². The van der Waals surface area contributed by atoms with Gasteiger partial charge in [-0.2, -0.15) is 13.2 Å². The highest BCUT2D eigenvalue weighted by atomic mass is 32.2. The number of hydrogen-bond acceptors (Lipinski definition) is 3. The Morgan fingerprint density at radius 2 is 1.97 bits per heavy atom. The van der Waals surface area contributed by atoms with Crippen molar-refractivity contribution < 1.29 is 21.6 Å². The molecule has 1 aromatic carbocycles. The predicted octanol–water partition coefficient (Wildman–Crippen LogP) is 4.81. The van der Waals surface area contributed by atoms with Gasteiger partial charge in [-0.1, -0.05) is 64.3 Å². The summed E-state index contributed by atoms with van der Waals surface area (Å²) in [6.07, 6.45) is 5.94. The highest BCUT2D eigenvalue weighted by Gasteiger charge is 2.45. The molecule has 2 unspecified atom stereocenters. The molecule has 1 fully saturated rings. The maximum atomic E-state index is 12.5. The predicted molar refractivity (Wildman–Crippen MR) is 110 cm³/mol. The first-order valence-corrected chi connectivity index (χ1v) is 11.9. The topological polar surface area (TPSA) is 49.4 Å². The van der Waals surface area contributed by atoms with Crippen LogP contribution in [-0.4, -0.2) is 38.5 Å². The van der Waals surface area contributed by atoms with E-state index in [1.54, 1.807) is 16.9 Å². The minimum Gasteiger partial charge on any atom is -0.303 e. The number of rotatable bonds is 9. The minimum absolute atomic E-state index is 0.0845. The molecule has 8 heteroatoms. The quantitative estimate of drug-likeness (QED) is 0.568. The molecule has 1 heterocycles. The van der Waals surface area contributed by atoms with Crippen molar-refractivity contribution in [2.75, 3.05) is 19.6 Å². The van der Waals surface area contributed by atoms with E-state index in [1.807, 2.05) is 12.1 Å². The van der Waals surface area contributed by atoms with Crippen LogP contribution in [0, 0.1) is 5.92 Å². The van der Waals surface area contributed by atoms with Crippen molar-refractivity contribution in [3.8, 4) is 0 Å². The first-order valence-electron chi connectivity index (χ1n) is 10.4. The Morgan fingerprint density at radius 1 is 1.24 bits per heavy atom. The number of piperidine rings is 1. The number of sulfonamides is 1. The number of hydrogen-bond donors (Lipinski definition) is 1. The summed E-state index contributed by atoms with van der Waals surface area (Å²) in [6, 6.07) is 7.28. The van der Waals surface area contributed by atoms with Gasteiger partial charge in [0, 0.05) is 13.1 Å². The lowest BCUT2D eigenvalue weighted by Gasteiger charge is -2.45. The largest absolute Gasteiger partial charge is 0.511 e. The third-order valence-corrected chi connectivity index (χ3v) is 7.39. The Labute approximate surface area is 172 Å². The Morgan fingerprint density at radius 3 is 2.59 bits per heavy atom. The molecule has 1 aromatic rings. The molecular weight excluding hydrogens is 401 g/mol. The number of likely N-dealkylation sites (tertiary alicyclic amines) is 1. The number of unbranched alkanes of at least 4 members (excludes halogenated alkanes) is 3. The lowest BCUT2D eigenvalue weighted by atomic mass is 9.68. The lowest BCUT2D eigenvalue weighted by molar-refractivity contribution is -0.0448. The summed E-state index contributed by atoms with van der Waals surface area (Å²) in [5, 5.41) is 0. The molecule has 29 heavy (non-hydrogen) atoms. The summed E-state index contributed by atoms with van der Waals surface area (Å²) in [5.74, 6) is 0.393. The van der Waals surface area contributed by atoms with E-state index in [4.69, 9.17) is 0 Å². The number of alkyl halides is 3. The lowest BCUT2D eigenvalue weighted by Crippen LogP contribution is -2.47. The van der Waals surface area contributed by atoms with Gasteiger partial charge in [-0.25, -0.2) is 13.1 Å². The van der Waals surface area contributed by atoms with Gasteiger partial charge in [-0.15, -0.1) is 0 Å².